The quantitative estimate of drug-likeness (QED) is 0.810. The zero-order valence-electron chi connectivity index (χ0n) is 15.5. The highest BCUT2D eigenvalue weighted by Gasteiger charge is 2.31. The van der Waals surface area contributed by atoms with Crippen molar-refractivity contribution in [3.05, 3.63) is 41.3 Å². The third kappa shape index (κ3) is 4.32. The van der Waals surface area contributed by atoms with Crippen LogP contribution in [0.1, 0.15) is 30.4 Å². The molecule has 2 aromatic rings. The molecule has 27 heavy (non-hydrogen) atoms. The summed E-state index contributed by atoms with van der Waals surface area (Å²) in [5, 5.41) is 0. The standard InChI is InChI=1S/C19H22F3N3O2/c1-12-17(11-25-8-7-16(10-25)24(3)13(2)26)23-18(27-12)14-5-4-6-15(9-14)19(20,21)22/h4-6,9,16H,7-8,10-11H2,1-3H3. The monoisotopic (exact) mass is 381 g/mol. The Morgan fingerprint density at radius 1 is 1.41 bits per heavy atom. The van der Waals surface area contributed by atoms with Crippen molar-refractivity contribution in [3.63, 3.8) is 0 Å². The largest absolute Gasteiger partial charge is 0.441 e. The zero-order chi connectivity index (χ0) is 19.8. The molecule has 1 fully saturated rings. The maximum atomic E-state index is 12.9. The first kappa shape index (κ1) is 19.4. The van der Waals surface area contributed by atoms with E-state index in [2.05, 4.69) is 9.88 Å². The first-order chi connectivity index (χ1) is 12.6. The second kappa shape index (κ2) is 7.34. The fourth-order valence-electron chi connectivity index (χ4n) is 3.27. The second-order valence-electron chi connectivity index (χ2n) is 6.91. The molecule has 1 aliphatic rings. The highest BCUT2D eigenvalue weighted by molar-refractivity contribution is 5.73. The number of likely N-dealkylation sites (N-methyl/N-ethyl adjacent to an activating group) is 1. The Balaban J connectivity index is 1.74. The van der Waals surface area contributed by atoms with Crippen LogP contribution in [0.25, 0.3) is 11.5 Å². The van der Waals surface area contributed by atoms with E-state index in [1.807, 2.05) is 0 Å². The number of carbonyl (C=O) groups excluding carboxylic acids is 1. The number of hydrogen-bond donors (Lipinski definition) is 0. The van der Waals surface area contributed by atoms with Gasteiger partial charge in [0.05, 0.1) is 11.3 Å². The van der Waals surface area contributed by atoms with E-state index in [0.717, 1.165) is 31.6 Å². The fourth-order valence-corrected chi connectivity index (χ4v) is 3.27. The smallest absolute Gasteiger partial charge is 0.416 e. The van der Waals surface area contributed by atoms with E-state index in [0.29, 0.717) is 23.6 Å². The van der Waals surface area contributed by atoms with Crippen LogP contribution in [0.15, 0.2) is 28.7 Å². The second-order valence-corrected chi connectivity index (χ2v) is 6.91. The molecule has 1 unspecified atom stereocenters. The summed E-state index contributed by atoms with van der Waals surface area (Å²) in [4.78, 5) is 19.8. The molecule has 146 valence electrons. The van der Waals surface area contributed by atoms with Gasteiger partial charge in [0.25, 0.3) is 0 Å². The van der Waals surface area contributed by atoms with Crippen molar-refractivity contribution >= 4 is 5.91 Å². The van der Waals surface area contributed by atoms with Gasteiger partial charge in [0.1, 0.15) is 5.76 Å². The van der Waals surface area contributed by atoms with Gasteiger partial charge in [-0.2, -0.15) is 13.2 Å². The highest BCUT2D eigenvalue weighted by Crippen LogP contribution is 2.32. The fraction of sp³-hybridized carbons (Fsp3) is 0.474. The van der Waals surface area contributed by atoms with Gasteiger partial charge < -0.3 is 9.32 Å². The van der Waals surface area contributed by atoms with E-state index in [9.17, 15) is 18.0 Å². The van der Waals surface area contributed by atoms with Gasteiger partial charge in [0, 0.05) is 45.2 Å². The van der Waals surface area contributed by atoms with E-state index in [4.69, 9.17) is 4.42 Å². The minimum Gasteiger partial charge on any atom is -0.441 e. The molecule has 0 bridgehead atoms. The van der Waals surface area contributed by atoms with Crippen LogP contribution in [-0.2, 0) is 17.5 Å². The van der Waals surface area contributed by atoms with Crippen LogP contribution in [0.2, 0.25) is 0 Å². The van der Waals surface area contributed by atoms with E-state index >= 15 is 0 Å². The molecular formula is C19H22F3N3O2. The van der Waals surface area contributed by atoms with Gasteiger partial charge in [-0.25, -0.2) is 4.98 Å². The average molecular weight is 381 g/mol. The summed E-state index contributed by atoms with van der Waals surface area (Å²) < 4.78 is 44.4. The lowest BCUT2D eigenvalue weighted by Gasteiger charge is -2.23. The molecule has 0 spiro atoms. The van der Waals surface area contributed by atoms with Crippen molar-refractivity contribution in [3.8, 4) is 11.5 Å². The van der Waals surface area contributed by atoms with Crippen molar-refractivity contribution in [1.82, 2.24) is 14.8 Å². The number of hydrogen-bond acceptors (Lipinski definition) is 4. The van der Waals surface area contributed by atoms with Gasteiger partial charge in [0.15, 0.2) is 0 Å². The average Bonchev–Trinajstić information content (AvgIpc) is 3.21. The summed E-state index contributed by atoms with van der Waals surface area (Å²) >= 11 is 0. The summed E-state index contributed by atoms with van der Waals surface area (Å²) in [7, 11) is 1.80. The van der Waals surface area contributed by atoms with E-state index < -0.39 is 11.7 Å². The number of benzene rings is 1. The molecule has 0 saturated carbocycles. The Morgan fingerprint density at radius 3 is 2.81 bits per heavy atom. The molecule has 1 aromatic heterocycles. The number of oxazole rings is 1. The maximum Gasteiger partial charge on any atom is 0.416 e. The van der Waals surface area contributed by atoms with Crippen LogP contribution in [0.5, 0.6) is 0 Å². The molecule has 0 aliphatic carbocycles. The lowest BCUT2D eigenvalue weighted by molar-refractivity contribution is -0.137. The molecule has 8 heteroatoms. The number of alkyl halides is 3. The van der Waals surface area contributed by atoms with Gasteiger partial charge in [-0.05, 0) is 31.5 Å². The summed E-state index contributed by atoms with van der Waals surface area (Å²) in [6.45, 7) is 5.41. The SMILES string of the molecule is CC(=O)N(C)C1CCN(Cc2nc(-c3cccc(C(F)(F)F)c3)oc2C)C1. The molecule has 1 aromatic carbocycles. The van der Waals surface area contributed by atoms with Crippen molar-refractivity contribution in [1.29, 1.82) is 0 Å². The first-order valence-corrected chi connectivity index (χ1v) is 8.75. The molecule has 0 N–H and O–H groups in total. The van der Waals surface area contributed by atoms with Crippen molar-refractivity contribution in [2.24, 2.45) is 0 Å². The number of halogens is 3. The van der Waals surface area contributed by atoms with Crippen molar-refractivity contribution < 1.29 is 22.4 Å². The van der Waals surface area contributed by atoms with Crippen LogP contribution in [0.4, 0.5) is 13.2 Å². The molecule has 2 heterocycles. The van der Waals surface area contributed by atoms with Crippen LogP contribution in [-0.4, -0.2) is 46.9 Å². The van der Waals surface area contributed by atoms with Gasteiger partial charge in [-0.1, -0.05) is 6.07 Å². The topological polar surface area (TPSA) is 49.6 Å². The Hall–Kier alpha value is -2.35. The molecular weight excluding hydrogens is 359 g/mol. The predicted molar refractivity (Wildman–Crippen MR) is 93.8 cm³/mol. The van der Waals surface area contributed by atoms with Gasteiger partial charge >= 0.3 is 6.18 Å². The molecule has 3 rings (SSSR count). The van der Waals surface area contributed by atoms with E-state index in [-0.39, 0.29) is 17.8 Å². The van der Waals surface area contributed by atoms with Crippen LogP contribution < -0.4 is 0 Å². The molecule has 5 nitrogen and oxygen atoms in total. The normalized spacial score (nSPS) is 18.1. The summed E-state index contributed by atoms with van der Waals surface area (Å²) in [5.74, 6) is 0.808. The van der Waals surface area contributed by atoms with Crippen LogP contribution >= 0.6 is 0 Å². The highest BCUT2D eigenvalue weighted by atomic mass is 19.4. The minimum atomic E-state index is -4.41. The predicted octanol–water partition coefficient (Wildman–Crippen LogP) is 3.72. The Bertz CT molecular complexity index is 832. The Morgan fingerprint density at radius 2 is 2.15 bits per heavy atom. The minimum absolute atomic E-state index is 0.0336. The van der Waals surface area contributed by atoms with Gasteiger partial charge in [-0.15, -0.1) is 0 Å². The summed E-state index contributed by atoms with van der Waals surface area (Å²) in [5.41, 5.74) is 0.274. The maximum absolute atomic E-state index is 12.9. The lowest BCUT2D eigenvalue weighted by atomic mass is 10.1. The van der Waals surface area contributed by atoms with Crippen LogP contribution in [0, 0.1) is 6.92 Å². The number of carbonyl (C=O) groups is 1. The van der Waals surface area contributed by atoms with Crippen molar-refractivity contribution in [2.45, 2.75) is 39.0 Å². The lowest BCUT2D eigenvalue weighted by Crippen LogP contribution is -2.37. The number of aryl methyl sites for hydroxylation is 1. The van der Waals surface area contributed by atoms with E-state index in [1.54, 1.807) is 31.9 Å². The third-order valence-corrected chi connectivity index (χ3v) is 4.99. The first-order valence-electron chi connectivity index (χ1n) is 8.75. The number of aromatic nitrogens is 1. The van der Waals surface area contributed by atoms with Gasteiger partial charge in [-0.3, -0.25) is 9.69 Å². The molecule has 1 saturated heterocycles. The molecule has 1 aliphatic heterocycles. The number of likely N-dealkylation sites (tertiary alicyclic amines) is 1. The van der Waals surface area contributed by atoms with Crippen molar-refractivity contribution in [2.75, 3.05) is 20.1 Å². The Labute approximate surface area is 155 Å². The Kier molecular flexibility index (Phi) is 5.28. The molecule has 1 amide bonds. The third-order valence-electron chi connectivity index (χ3n) is 4.99. The molecule has 0 radical (unpaired) electrons. The summed E-state index contributed by atoms with van der Waals surface area (Å²) in [6, 6.07) is 5.13. The van der Waals surface area contributed by atoms with Crippen LogP contribution in [0.3, 0.4) is 0 Å². The summed E-state index contributed by atoms with van der Waals surface area (Å²) in [6.07, 6.45) is -3.53. The number of nitrogens with zero attached hydrogens (tertiary/aromatic N) is 3. The number of amides is 1. The number of rotatable bonds is 4. The zero-order valence-corrected chi connectivity index (χ0v) is 15.5. The van der Waals surface area contributed by atoms with Gasteiger partial charge in [0.2, 0.25) is 11.8 Å². The van der Waals surface area contributed by atoms with E-state index in [1.165, 1.54) is 6.07 Å². The molecule has 1 atom stereocenters.